The summed E-state index contributed by atoms with van der Waals surface area (Å²) < 4.78 is 0. The normalized spacial score (nSPS) is 17.7. The summed E-state index contributed by atoms with van der Waals surface area (Å²) in [5, 5.41) is 2.98. The van der Waals surface area contributed by atoms with Crippen molar-refractivity contribution in [3.05, 3.63) is 0 Å². The quantitative estimate of drug-likeness (QED) is 0.522. The molecule has 0 aliphatic carbocycles. The average molecular weight is 325 g/mol. The van der Waals surface area contributed by atoms with Gasteiger partial charge >= 0.3 is 0 Å². The number of carbonyl (C=O) groups is 2. The smallest absolute Gasteiger partial charge is 0.225 e. The highest BCUT2D eigenvalue weighted by Crippen LogP contribution is 2.19. The van der Waals surface area contributed by atoms with E-state index in [4.69, 9.17) is 0 Å². The van der Waals surface area contributed by atoms with Gasteiger partial charge in [-0.05, 0) is 12.8 Å². The molecule has 23 heavy (non-hydrogen) atoms. The van der Waals surface area contributed by atoms with Gasteiger partial charge in [-0.25, -0.2) is 0 Å². The van der Waals surface area contributed by atoms with Gasteiger partial charge in [0.05, 0.1) is 5.92 Å². The summed E-state index contributed by atoms with van der Waals surface area (Å²) in [7, 11) is 0. The molecule has 4 heteroatoms. The van der Waals surface area contributed by atoms with Crippen molar-refractivity contribution in [2.45, 2.75) is 84.5 Å². The van der Waals surface area contributed by atoms with Crippen molar-refractivity contribution in [1.29, 1.82) is 0 Å². The number of carbonyl (C=O) groups excluding carboxylic acids is 2. The molecule has 0 aromatic heterocycles. The number of nitrogens with zero attached hydrogens (tertiary/aromatic N) is 1. The molecule has 134 valence electrons. The summed E-state index contributed by atoms with van der Waals surface area (Å²) in [6.45, 7) is 6.57. The van der Waals surface area contributed by atoms with E-state index in [-0.39, 0.29) is 17.7 Å². The van der Waals surface area contributed by atoms with E-state index in [1.54, 1.807) is 0 Å². The number of rotatable bonds is 13. The van der Waals surface area contributed by atoms with Crippen molar-refractivity contribution in [2.75, 3.05) is 19.6 Å². The molecule has 2 amide bonds. The fourth-order valence-electron chi connectivity index (χ4n) is 3.15. The van der Waals surface area contributed by atoms with E-state index in [1.165, 1.54) is 38.5 Å². The van der Waals surface area contributed by atoms with E-state index in [0.717, 1.165) is 38.8 Å². The highest BCUT2D eigenvalue weighted by Gasteiger charge is 2.33. The third-order valence-electron chi connectivity index (χ3n) is 4.70. The van der Waals surface area contributed by atoms with E-state index >= 15 is 0 Å². The van der Waals surface area contributed by atoms with Crippen molar-refractivity contribution in [1.82, 2.24) is 10.2 Å². The van der Waals surface area contributed by atoms with E-state index in [0.29, 0.717) is 13.0 Å². The Bertz CT molecular complexity index is 344. The van der Waals surface area contributed by atoms with Crippen LogP contribution in [0, 0.1) is 5.92 Å². The molecule has 0 aromatic rings. The Labute approximate surface area is 142 Å². The highest BCUT2D eigenvalue weighted by atomic mass is 16.2. The Kier molecular flexibility index (Phi) is 10.8. The lowest BCUT2D eigenvalue weighted by molar-refractivity contribution is -0.129. The molecule has 1 fully saturated rings. The molecule has 4 nitrogen and oxygen atoms in total. The Hall–Kier alpha value is -1.06. The van der Waals surface area contributed by atoms with Crippen LogP contribution in [0.4, 0.5) is 0 Å². The summed E-state index contributed by atoms with van der Waals surface area (Å²) in [6.07, 6.45) is 12.5. The van der Waals surface area contributed by atoms with Gasteiger partial charge in [-0.3, -0.25) is 9.59 Å². The minimum absolute atomic E-state index is 0.0662. The van der Waals surface area contributed by atoms with Crippen LogP contribution in [0.25, 0.3) is 0 Å². The predicted molar refractivity (Wildman–Crippen MR) is 95.2 cm³/mol. The van der Waals surface area contributed by atoms with Gasteiger partial charge in [0.1, 0.15) is 0 Å². The zero-order valence-electron chi connectivity index (χ0n) is 15.2. The Morgan fingerprint density at radius 2 is 1.61 bits per heavy atom. The second-order valence-electron chi connectivity index (χ2n) is 6.86. The van der Waals surface area contributed by atoms with Crippen LogP contribution in [0.3, 0.4) is 0 Å². The highest BCUT2D eigenvalue weighted by molar-refractivity contribution is 5.89. The van der Waals surface area contributed by atoms with Gasteiger partial charge in [-0.1, -0.05) is 65.2 Å². The molecule has 1 rings (SSSR count). The molecule has 0 spiro atoms. The molecule has 0 saturated carbocycles. The van der Waals surface area contributed by atoms with Gasteiger partial charge in [-0.15, -0.1) is 0 Å². The van der Waals surface area contributed by atoms with Crippen molar-refractivity contribution >= 4 is 11.8 Å². The van der Waals surface area contributed by atoms with Crippen LogP contribution < -0.4 is 5.32 Å². The first-order valence-corrected chi connectivity index (χ1v) is 9.74. The van der Waals surface area contributed by atoms with Gasteiger partial charge < -0.3 is 10.2 Å². The molecule has 0 bridgehead atoms. The zero-order chi connectivity index (χ0) is 16.9. The minimum atomic E-state index is -0.131. The van der Waals surface area contributed by atoms with Gasteiger partial charge in [-0.2, -0.15) is 0 Å². The van der Waals surface area contributed by atoms with Crippen LogP contribution in [-0.2, 0) is 9.59 Å². The largest absolute Gasteiger partial charge is 0.356 e. The predicted octanol–water partition coefficient (Wildman–Crippen LogP) is 3.89. The Morgan fingerprint density at radius 3 is 2.30 bits per heavy atom. The fraction of sp³-hybridized carbons (Fsp3) is 0.895. The summed E-state index contributed by atoms with van der Waals surface area (Å²) in [5.41, 5.74) is 0. The van der Waals surface area contributed by atoms with E-state index < -0.39 is 0 Å². The number of unbranched alkanes of at least 4 members (excludes halogenated alkanes) is 8. The minimum Gasteiger partial charge on any atom is -0.356 e. The maximum absolute atomic E-state index is 12.1. The van der Waals surface area contributed by atoms with Crippen molar-refractivity contribution in [2.24, 2.45) is 5.92 Å². The first-order chi connectivity index (χ1) is 11.2. The molecular formula is C19H36N2O2. The van der Waals surface area contributed by atoms with Crippen molar-refractivity contribution in [3.8, 4) is 0 Å². The Morgan fingerprint density at radius 1 is 1.00 bits per heavy atom. The van der Waals surface area contributed by atoms with Crippen LogP contribution in [0.15, 0.2) is 0 Å². The lowest BCUT2D eigenvalue weighted by Gasteiger charge is -2.16. The second-order valence-corrected chi connectivity index (χ2v) is 6.86. The van der Waals surface area contributed by atoms with Crippen LogP contribution in [0.2, 0.25) is 0 Å². The van der Waals surface area contributed by atoms with Crippen LogP contribution in [0.1, 0.15) is 84.5 Å². The van der Waals surface area contributed by atoms with E-state index in [2.05, 4.69) is 19.2 Å². The fourth-order valence-corrected chi connectivity index (χ4v) is 3.15. The van der Waals surface area contributed by atoms with Gasteiger partial charge in [0, 0.05) is 26.1 Å². The van der Waals surface area contributed by atoms with Crippen molar-refractivity contribution in [3.63, 3.8) is 0 Å². The standard InChI is InChI=1S/C19H36N2O2/c1-3-5-7-8-9-10-12-14-21-16-17(15-18(21)22)19(23)20-13-11-6-4-2/h17H,3-16H2,1-2H3,(H,20,23). The van der Waals surface area contributed by atoms with E-state index in [9.17, 15) is 9.59 Å². The lowest BCUT2D eigenvalue weighted by Crippen LogP contribution is -2.33. The average Bonchev–Trinajstić information content (AvgIpc) is 2.92. The number of likely N-dealkylation sites (tertiary alicyclic amines) is 1. The number of nitrogens with one attached hydrogen (secondary N) is 1. The maximum atomic E-state index is 12.1. The molecule has 1 heterocycles. The molecule has 1 saturated heterocycles. The first kappa shape index (κ1) is 20.0. The van der Waals surface area contributed by atoms with E-state index in [1.807, 2.05) is 4.90 Å². The lowest BCUT2D eigenvalue weighted by atomic mass is 10.1. The third-order valence-corrected chi connectivity index (χ3v) is 4.70. The molecule has 0 radical (unpaired) electrons. The second kappa shape index (κ2) is 12.4. The van der Waals surface area contributed by atoms with Crippen molar-refractivity contribution < 1.29 is 9.59 Å². The number of amides is 2. The molecule has 1 atom stereocenters. The third kappa shape index (κ3) is 8.38. The van der Waals surface area contributed by atoms with Gasteiger partial charge in [0.25, 0.3) is 0 Å². The molecule has 1 unspecified atom stereocenters. The molecule has 1 N–H and O–H groups in total. The van der Waals surface area contributed by atoms with Gasteiger partial charge in [0.15, 0.2) is 0 Å². The summed E-state index contributed by atoms with van der Waals surface area (Å²) in [5.74, 6) is 0.0925. The molecule has 1 aliphatic heterocycles. The topological polar surface area (TPSA) is 49.4 Å². The van der Waals surface area contributed by atoms with Gasteiger partial charge in [0.2, 0.25) is 11.8 Å². The van der Waals surface area contributed by atoms with Crippen LogP contribution in [0.5, 0.6) is 0 Å². The number of hydrogen-bond donors (Lipinski definition) is 1. The molecule has 1 aliphatic rings. The molecular weight excluding hydrogens is 288 g/mol. The zero-order valence-corrected chi connectivity index (χ0v) is 15.2. The Balaban J connectivity index is 2.12. The number of hydrogen-bond acceptors (Lipinski definition) is 2. The maximum Gasteiger partial charge on any atom is 0.225 e. The first-order valence-electron chi connectivity index (χ1n) is 9.74. The molecule has 0 aromatic carbocycles. The summed E-state index contributed by atoms with van der Waals surface area (Å²) in [4.78, 5) is 26.0. The monoisotopic (exact) mass is 324 g/mol. The summed E-state index contributed by atoms with van der Waals surface area (Å²) in [6, 6.07) is 0. The van der Waals surface area contributed by atoms with Crippen LogP contribution >= 0.6 is 0 Å². The SMILES string of the molecule is CCCCCCCCCN1CC(C(=O)NCCCCC)CC1=O. The summed E-state index contributed by atoms with van der Waals surface area (Å²) >= 11 is 0. The van der Waals surface area contributed by atoms with Crippen LogP contribution in [-0.4, -0.2) is 36.3 Å².